The number of nitrogens with zero attached hydrogens (tertiary/aromatic N) is 1. The lowest BCUT2D eigenvalue weighted by Crippen LogP contribution is -2.43. The van der Waals surface area contributed by atoms with Gasteiger partial charge in [0.15, 0.2) is 0 Å². The smallest absolute Gasteiger partial charge is 0.263 e. The highest BCUT2D eigenvalue weighted by Gasteiger charge is 2.17. The van der Waals surface area contributed by atoms with Crippen molar-refractivity contribution in [3.8, 4) is 0 Å². The molecule has 0 aliphatic rings. The summed E-state index contributed by atoms with van der Waals surface area (Å²) in [6, 6.07) is 4.99. The Morgan fingerprint density at radius 2 is 1.74 bits per heavy atom. The van der Waals surface area contributed by atoms with Gasteiger partial charge >= 0.3 is 0 Å². The minimum Gasteiger partial charge on any atom is -0.361 e. The van der Waals surface area contributed by atoms with Crippen LogP contribution in [0.25, 0.3) is 0 Å². The summed E-state index contributed by atoms with van der Waals surface area (Å²) in [5.41, 5.74) is -0.611. The lowest BCUT2D eigenvalue weighted by Gasteiger charge is -2.20. The summed E-state index contributed by atoms with van der Waals surface area (Å²) in [5.74, 6) is -1.75. The second kappa shape index (κ2) is 7.87. The lowest BCUT2D eigenvalue weighted by atomic mass is 10.1. The molecule has 0 radical (unpaired) electrons. The normalized spacial score (nSPS) is 11.7. The lowest BCUT2D eigenvalue weighted by molar-refractivity contribution is -0.120. The second-order valence-corrected chi connectivity index (χ2v) is 8.48. The van der Waals surface area contributed by atoms with Crippen LogP contribution in [0.2, 0.25) is 0 Å². The van der Waals surface area contributed by atoms with Crippen LogP contribution in [-0.4, -0.2) is 31.4 Å². The van der Waals surface area contributed by atoms with Crippen molar-refractivity contribution in [2.24, 2.45) is 0 Å². The molecule has 2 rings (SSSR count). The number of hydrogen-bond donors (Lipinski definition) is 3. The van der Waals surface area contributed by atoms with Crippen LogP contribution in [0.4, 0.5) is 20.3 Å². The SMILES string of the molecule is CC(C)(C)NC(=O)CNc1ccc(S(=O)(=O)Nc2cc(F)cc(F)c2)cn1. The Balaban J connectivity index is 2.04. The summed E-state index contributed by atoms with van der Waals surface area (Å²) in [6.07, 6.45) is 1.07. The third kappa shape index (κ3) is 6.48. The molecule has 0 bridgehead atoms. The molecule has 1 amide bonds. The number of anilines is 2. The van der Waals surface area contributed by atoms with Crippen molar-refractivity contribution in [1.29, 1.82) is 0 Å². The largest absolute Gasteiger partial charge is 0.361 e. The van der Waals surface area contributed by atoms with E-state index in [4.69, 9.17) is 0 Å². The van der Waals surface area contributed by atoms with E-state index in [9.17, 15) is 22.0 Å². The number of pyridine rings is 1. The van der Waals surface area contributed by atoms with Gasteiger partial charge in [0.1, 0.15) is 22.3 Å². The summed E-state index contributed by atoms with van der Waals surface area (Å²) in [4.78, 5) is 15.5. The first-order valence-corrected chi connectivity index (χ1v) is 9.43. The Bertz CT molecular complexity index is 906. The number of hydrogen-bond acceptors (Lipinski definition) is 5. The Morgan fingerprint density at radius 3 is 2.26 bits per heavy atom. The van der Waals surface area contributed by atoms with Crippen LogP contribution in [0.15, 0.2) is 41.4 Å². The van der Waals surface area contributed by atoms with Gasteiger partial charge in [-0.1, -0.05) is 0 Å². The van der Waals surface area contributed by atoms with Crippen molar-refractivity contribution in [1.82, 2.24) is 10.3 Å². The van der Waals surface area contributed by atoms with E-state index in [1.54, 1.807) is 0 Å². The summed E-state index contributed by atoms with van der Waals surface area (Å²) < 4.78 is 53.0. The maximum absolute atomic E-state index is 13.2. The average molecular weight is 398 g/mol. The van der Waals surface area contributed by atoms with Crippen LogP contribution < -0.4 is 15.4 Å². The number of sulfonamides is 1. The van der Waals surface area contributed by atoms with Crippen molar-refractivity contribution in [3.63, 3.8) is 0 Å². The first-order valence-electron chi connectivity index (χ1n) is 7.94. The van der Waals surface area contributed by atoms with Crippen molar-refractivity contribution in [3.05, 3.63) is 48.2 Å². The van der Waals surface area contributed by atoms with E-state index < -0.39 is 21.7 Å². The average Bonchev–Trinajstić information content (AvgIpc) is 2.50. The maximum Gasteiger partial charge on any atom is 0.263 e. The zero-order chi connectivity index (χ0) is 20.2. The standard InChI is InChI=1S/C17H20F2N4O3S/c1-17(2,3)22-16(24)10-21-15-5-4-14(9-20-15)27(25,26)23-13-7-11(18)6-12(19)8-13/h4-9,23H,10H2,1-3H3,(H,20,21)(H,22,24). The Labute approximate surface area is 156 Å². The number of halogens is 2. The van der Waals surface area contributed by atoms with Crippen molar-refractivity contribution in [2.45, 2.75) is 31.2 Å². The number of carbonyl (C=O) groups is 1. The number of aromatic nitrogens is 1. The van der Waals surface area contributed by atoms with Crippen molar-refractivity contribution >= 4 is 27.4 Å². The van der Waals surface area contributed by atoms with Gasteiger partial charge in [-0.15, -0.1) is 0 Å². The van der Waals surface area contributed by atoms with Gasteiger partial charge < -0.3 is 10.6 Å². The Hall–Kier alpha value is -2.75. The molecule has 0 atom stereocenters. The number of nitrogens with one attached hydrogen (secondary N) is 3. The van der Waals surface area contributed by atoms with E-state index in [2.05, 4.69) is 20.3 Å². The topological polar surface area (TPSA) is 100 Å². The third-order valence-electron chi connectivity index (χ3n) is 3.11. The zero-order valence-corrected chi connectivity index (χ0v) is 15.8. The van der Waals surface area contributed by atoms with Gasteiger partial charge in [0.25, 0.3) is 10.0 Å². The summed E-state index contributed by atoms with van der Waals surface area (Å²) in [5, 5.41) is 5.54. The summed E-state index contributed by atoms with van der Waals surface area (Å²) in [6.45, 7) is 5.51. The van der Waals surface area contributed by atoms with Gasteiger partial charge in [0, 0.05) is 17.8 Å². The van der Waals surface area contributed by atoms with Gasteiger partial charge in [-0.3, -0.25) is 9.52 Å². The maximum atomic E-state index is 13.2. The third-order valence-corrected chi connectivity index (χ3v) is 4.47. The molecule has 2 aromatic rings. The molecule has 7 nitrogen and oxygen atoms in total. The molecule has 146 valence electrons. The molecule has 1 heterocycles. The van der Waals surface area contributed by atoms with E-state index in [1.165, 1.54) is 12.1 Å². The van der Waals surface area contributed by atoms with E-state index >= 15 is 0 Å². The Kier molecular flexibility index (Phi) is 5.99. The predicted octanol–water partition coefficient (Wildman–Crippen LogP) is 2.49. The molecule has 27 heavy (non-hydrogen) atoms. The molecular formula is C17H20F2N4O3S. The number of carbonyl (C=O) groups excluding carboxylic acids is 1. The van der Waals surface area contributed by atoms with E-state index in [0.29, 0.717) is 11.9 Å². The molecule has 3 N–H and O–H groups in total. The first kappa shape index (κ1) is 20.6. The molecule has 0 fully saturated rings. The van der Waals surface area contributed by atoms with Crippen LogP contribution in [0.3, 0.4) is 0 Å². The summed E-state index contributed by atoms with van der Waals surface area (Å²) >= 11 is 0. The number of benzene rings is 1. The van der Waals surface area contributed by atoms with Gasteiger partial charge in [0.05, 0.1) is 12.2 Å². The van der Waals surface area contributed by atoms with Gasteiger partial charge in [-0.25, -0.2) is 22.2 Å². The number of rotatable bonds is 6. The Morgan fingerprint density at radius 1 is 1.11 bits per heavy atom. The quantitative estimate of drug-likeness (QED) is 0.694. The molecule has 0 unspecified atom stereocenters. The monoisotopic (exact) mass is 398 g/mol. The van der Waals surface area contributed by atoms with E-state index in [1.807, 2.05) is 20.8 Å². The molecular weight excluding hydrogens is 378 g/mol. The summed E-state index contributed by atoms with van der Waals surface area (Å²) in [7, 11) is -4.07. The molecule has 0 aliphatic carbocycles. The fourth-order valence-electron chi connectivity index (χ4n) is 2.10. The van der Waals surface area contributed by atoms with Crippen molar-refractivity contribution < 1.29 is 22.0 Å². The minimum atomic E-state index is -4.07. The van der Waals surface area contributed by atoms with E-state index in [-0.39, 0.29) is 28.6 Å². The predicted molar refractivity (Wildman–Crippen MR) is 97.8 cm³/mol. The second-order valence-electron chi connectivity index (χ2n) is 6.79. The molecule has 1 aromatic carbocycles. The van der Waals surface area contributed by atoms with Crippen molar-refractivity contribution in [2.75, 3.05) is 16.6 Å². The molecule has 0 aliphatic heterocycles. The van der Waals surface area contributed by atoms with Gasteiger partial charge in [-0.2, -0.15) is 0 Å². The fraction of sp³-hybridized carbons (Fsp3) is 0.294. The van der Waals surface area contributed by atoms with E-state index in [0.717, 1.165) is 18.3 Å². The molecule has 1 aromatic heterocycles. The van der Waals surface area contributed by atoms with Crippen LogP contribution in [0, 0.1) is 11.6 Å². The van der Waals surface area contributed by atoms with Gasteiger partial charge in [-0.05, 0) is 45.0 Å². The molecule has 0 spiro atoms. The molecule has 0 saturated carbocycles. The molecule has 0 saturated heterocycles. The highest BCUT2D eigenvalue weighted by molar-refractivity contribution is 7.92. The number of amides is 1. The zero-order valence-electron chi connectivity index (χ0n) is 15.0. The highest BCUT2D eigenvalue weighted by atomic mass is 32.2. The van der Waals surface area contributed by atoms with Gasteiger partial charge in [0.2, 0.25) is 5.91 Å². The fourth-order valence-corrected chi connectivity index (χ4v) is 3.09. The van der Waals surface area contributed by atoms with Crippen LogP contribution in [-0.2, 0) is 14.8 Å². The molecule has 10 heteroatoms. The van der Waals surface area contributed by atoms with Crippen LogP contribution in [0.5, 0.6) is 0 Å². The minimum absolute atomic E-state index is 0.0306. The highest BCUT2D eigenvalue weighted by Crippen LogP contribution is 2.18. The first-order chi connectivity index (χ1) is 12.4. The van der Waals surface area contributed by atoms with Crippen LogP contribution >= 0.6 is 0 Å². The van der Waals surface area contributed by atoms with Crippen LogP contribution in [0.1, 0.15) is 20.8 Å².